The third kappa shape index (κ3) is 8.78. The molecule has 0 bridgehead atoms. The van der Waals surface area contributed by atoms with Crippen LogP contribution in [0.25, 0.3) is 11.1 Å². The predicted molar refractivity (Wildman–Crippen MR) is 142 cm³/mol. The van der Waals surface area contributed by atoms with E-state index in [2.05, 4.69) is 35.4 Å². The van der Waals surface area contributed by atoms with Crippen molar-refractivity contribution in [3.8, 4) is 11.1 Å². The fraction of sp³-hybridized carbons (Fsp3) is 0.400. The normalized spacial score (nSPS) is 12.6. The van der Waals surface area contributed by atoms with Crippen LogP contribution in [-0.4, -0.2) is 16.3 Å². The van der Waals surface area contributed by atoms with Gasteiger partial charge in [-0.25, -0.2) is 8.60 Å². The third-order valence-corrected chi connectivity index (χ3v) is 7.20. The summed E-state index contributed by atoms with van der Waals surface area (Å²) in [4.78, 5) is 0. The van der Waals surface area contributed by atoms with Crippen molar-refractivity contribution < 1.29 is 26.0 Å². The first-order chi connectivity index (χ1) is 17.7. The van der Waals surface area contributed by atoms with Crippen LogP contribution in [0.4, 0.5) is 17.6 Å². The Bertz CT molecular complexity index is 1170. The Kier molecular flexibility index (Phi) is 10.9. The van der Waals surface area contributed by atoms with Crippen LogP contribution in [0.15, 0.2) is 60.7 Å². The molecule has 0 N–H and O–H groups in total. The molecule has 0 fully saturated rings. The van der Waals surface area contributed by atoms with E-state index in [4.69, 9.17) is 0 Å². The molecule has 3 aromatic carbocycles. The Balaban J connectivity index is 1.62. The Labute approximate surface area is 219 Å². The van der Waals surface area contributed by atoms with E-state index in [-0.39, 0.29) is 18.8 Å². The van der Waals surface area contributed by atoms with E-state index in [0.717, 1.165) is 41.5 Å². The van der Waals surface area contributed by atoms with E-state index >= 15 is 4.39 Å². The predicted octanol–water partition coefficient (Wildman–Crippen LogP) is 8.32. The quantitative estimate of drug-likeness (QED) is 0.163. The molecule has 3 aromatic rings. The van der Waals surface area contributed by atoms with Gasteiger partial charge in [0.05, 0.1) is 6.61 Å². The summed E-state index contributed by atoms with van der Waals surface area (Å²) in [7, 11) is 0. The average Bonchev–Trinajstić information content (AvgIpc) is 2.88. The number of unbranched alkanes of at least 4 members (excludes halogenated alkanes) is 2. The molecule has 0 amide bonds. The molecule has 0 spiro atoms. The highest BCUT2D eigenvalue weighted by Gasteiger charge is 2.38. The van der Waals surface area contributed by atoms with Crippen molar-refractivity contribution in [1.29, 1.82) is 0 Å². The molecule has 7 heteroatoms. The molecule has 0 saturated carbocycles. The third-order valence-electron chi connectivity index (χ3n) is 6.44. The highest BCUT2D eigenvalue weighted by atomic mass is 32.2. The maximum Gasteiger partial charge on any atom is 0.497 e. The molecule has 37 heavy (non-hydrogen) atoms. The van der Waals surface area contributed by atoms with E-state index in [1.54, 1.807) is 24.3 Å². The van der Waals surface area contributed by atoms with Gasteiger partial charge in [-0.1, -0.05) is 81.3 Å². The largest absolute Gasteiger partial charge is 0.497 e. The zero-order valence-electron chi connectivity index (χ0n) is 21.4. The monoisotopic (exact) mass is 534 g/mol. The number of aryl methyl sites for hydroxylation is 4. The van der Waals surface area contributed by atoms with Crippen molar-refractivity contribution in [2.75, 3.05) is 6.61 Å². The molecule has 0 heterocycles. The summed E-state index contributed by atoms with van der Waals surface area (Å²) >= 11 is -3.32. The maximum atomic E-state index is 15.1. The summed E-state index contributed by atoms with van der Waals surface area (Å²) in [6.45, 7) is 3.83. The summed E-state index contributed by atoms with van der Waals surface area (Å²) in [6, 6.07) is 19.4. The van der Waals surface area contributed by atoms with Crippen LogP contribution in [0.5, 0.6) is 0 Å². The first kappa shape index (κ1) is 29.1. The lowest BCUT2D eigenvalue weighted by Crippen LogP contribution is -2.19. The van der Waals surface area contributed by atoms with Gasteiger partial charge in [0.2, 0.25) is 0 Å². The summed E-state index contributed by atoms with van der Waals surface area (Å²) in [5, 5.41) is 0. The second-order valence-corrected chi connectivity index (χ2v) is 10.4. The molecule has 200 valence electrons. The Morgan fingerprint density at radius 2 is 1.30 bits per heavy atom. The second-order valence-electron chi connectivity index (χ2n) is 9.19. The van der Waals surface area contributed by atoms with Gasteiger partial charge in [-0.15, -0.1) is 0 Å². The minimum absolute atomic E-state index is 0.177. The minimum Gasteiger partial charge on any atom is -0.283 e. The standard InChI is InChI=1S/C30H34F4O2S/c1-3-5-6-7-22-8-10-23(11-9-22)12-13-24-15-17-28(29(31)21-24)27-16-14-25(20-26(27)4-2)18-19-36-37(35)30(32,33)34/h8-11,14-17,20-21H,3-7,12-13,18-19H2,1-2H3. The van der Waals surface area contributed by atoms with Crippen molar-refractivity contribution in [2.45, 2.75) is 70.7 Å². The van der Waals surface area contributed by atoms with Crippen LogP contribution in [-0.2, 0) is 47.4 Å². The highest BCUT2D eigenvalue weighted by Crippen LogP contribution is 2.29. The zero-order valence-corrected chi connectivity index (χ0v) is 22.2. The lowest BCUT2D eigenvalue weighted by atomic mass is 9.93. The Morgan fingerprint density at radius 3 is 1.89 bits per heavy atom. The molecule has 1 atom stereocenters. The van der Waals surface area contributed by atoms with Crippen molar-refractivity contribution in [2.24, 2.45) is 0 Å². The fourth-order valence-electron chi connectivity index (χ4n) is 4.33. The van der Waals surface area contributed by atoms with Gasteiger partial charge in [0.1, 0.15) is 5.82 Å². The first-order valence-electron chi connectivity index (χ1n) is 12.8. The van der Waals surface area contributed by atoms with Crippen molar-refractivity contribution in [3.05, 3.63) is 94.3 Å². The lowest BCUT2D eigenvalue weighted by Gasteiger charge is -2.13. The van der Waals surface area contributed by atoms with Crippen molar-refractivity contribution in [1.82, 2.24) is 0 Å². The number of benzene rings is 3. The van der Waals surface area contributed by atoms with Crippen LogP contribution >= 0.6 is 0 Å². The smallest absolute Gasteiger partial charge is 0.283 e. The topological polar surface area (TPSA) is 26.3 Å². The Morgan fingerprint density at radius 1 is 0.730 bits per heavy atom. The average molecular weight is 535 g/mol. The summed E-state index contributed by atoms with van der Waals surface area (Å²) in [5.41, 5.74) is 1.52. The van der Waals surface area contributed by atoms with Gasteiger partial charge in [-0.2, -0.15) is 13.2 Å². The molecule has 0 aliphatic heterocycles. The summed E-state index contributed by atoms with van der Waals surface area (Å²) < 4.78 is 67.5. The van der Waals surface area contributed by atoms with Gasteiger partial charge in [0, 0.05) is 5.56 Å². The number of hydrogen-bond donors (Lipinski definition) is 0. The van der Waals surface area contributed by atoms with Gasteiger partial charge in [0.25, 0.3) is 11.1 Å². The molecular formula is C30H34F4O2S. The van der Waals surface area contributed by atoms with Gasteiger partial charge in [-0.3, -0.25) is 4.18 Å². The van der Waals surface area contributed by atoms with E-state index in [9.17, 15) is 17.4 Å². The zero-order chi connectivity index (χ0) is 26.8. The van der Waals surface area contributed by atoms with E-state index < -0.39 is 16.6 Å². The van der Waals surface area contributed by atoms with Crippen LogP contribution in [0.1, 0.15) is 60.9 Å². The minimum atomic E-state index is -4.89. The second kappa shape index (κ2) is 13.9. The van der Waals surface area contributed by atoms with Crippen LogP contribution in [0.3, 0.4) is 0 Å². The fourth-order valence-corrected chi connectivity index (χ4v) is 4.70. The van der Waals surface area contributed by atoms with Crippen molar-refractivity contribution in [3.63, 3.8) is 0 Å². The molecule has 2 nitrogen and oxygen atoms in total. The number of halogens is 4. The molecule has 0 aromatic heterocycles. The highest BCUT2D eigenvalue weighted by molar-refractivity contribution is 7.81. The molecule has 3 rings (SSSR count). The van der Waals surface area contributed by atoms with Crippen LogP contribution < -0.4 is 0 Å². The molecule has 0 aliphatic carbocycles. The number of rotatable bonds is 13. The molecular weight excluding hydrogens is 500 g/mol. The first-order valence-corrected chi connectivity index (χ1v) is 13.9. The summed E-state index contributed by atoms with van der Waals surface area (Å²) in [6.07, 6.45) is 7.17. The SMILES string of the molecule is CCCCCc1ccc(CCc2ccc(-c3ccc(CCOS(=O)C(F)(F)F)cc3CC)c(F)c2)cc1. The number of hydrogen-bond acceptors (Lipinski definition) is 2. The van der Waals surface area contributed by atoms with E-state index in [1.165, 1.54) is 30.4 Å². The number of alkyl halides is 3. The molecule has 0 radical (unpaired) electrons. The van der Waals surface area contributed by atoms with E-state index in [1.807, 2.05) is 19.1 Å². The molecule has 0 aliphatic rings. The molecule has 0 saturated heterocycles. The van der Waals surface area contributed by atoms with Gasteiger partial charge >= 0.3 is 5.51 Å². The summed E-state index contributed by atoms with van der Waals surface area (Å²) in [5.74, 6) is -0.296. The van der Waals surface area contributed by atoms with Gasteiger partial charge in [-0.05, 0) is 78.0 Å². The van der Waals surface area contributed by atoms with Crippen molar-refractivity contribution >= 4 is 11.1 Å². The van der Waals surface area contributed by atoms with E-state index in [0.29, 0.717) is 12.0 Å². The maximum absolute atomic E-state index is 15.1. The molecule has 1 unspecified atom stereocenters. The Hall–Kier alpha value is -2.51. The van der Waals surface area contributed by atoms with Crippen LogP contribution in [0.2, 0.25) is 0 Å². The van der Waals surface area contributed by atoms with Gasteiger partial charge < -0.3 is 0 Å². The van der Waals surface area contributed by atoms with Gasteiger partial charge in [0.15, 0.2) is 0 Å². The lowest BCUT2D eigenvalue weighted by molar-refractivity contribution is -0.0472. The van der Waals surface area contributed by atoms with Crippen LogP contribution in [0, 0.1) is 5.82 Å².